The summed E-state index contributed by atoms with van der Waals surface area (Å²) >= 11 is 0. The van der Waals surface area contributed by atoms with E-state index in [0.717, 1.165) is 41.5 Å². The third-order valence-electron chi connectivity index (χ3n) is 4.81. The zero-order valence-corrected chi connectivity index (χ0v) is 13.5. The molecule has 1 atom stereocenters. The summed E-state index contributed by atoms with van der Waals surface area (Å²) in [4.78, 5) is 18.0. The zero-order chi connectivity index (χ0) is 16.5. The number of H-pyrrole nitrogens is 1. The SMILES string of the molecule is N[C@@H](Cc1c[nH]c2ccccc12)C(=O)N1CCCc2ccccc21. The first-order chi connectivity index (χ1) is 11.7. The Hall–Kier alpha value is -2.59. The highest BCUT2D eigenvalue weighted by atomic mass is 16.2. The Balaban J connectivity index is 1.57. The summed E-state index contributed by atoms with van der Waals surface area (Å²) in [5.74, 6) is 0.00688. The molecule has 4 rings (SSSR count). The minimum Gasteiger partial charge on any atom is -0.361 e. The van der Waals surface area contributed by atoms with Crippen LogP contribution >= 0.6 is 0 Å². The van der Waals surface area contributed by atoms with E-state index in [2.05, 4.69) is 17.1 Å². The number of hydrogen-bond donors (Lipinski definition) is 2. The summed E-state index contributed by atoms with van der Waals surface area (Å²) in [5, 5.41) is 1.14. The van der Waals surface area contributed by atoms with Crippen LogP contribution in [0.2, 0.25) is 0 Å². The van der Waals surface area contributed by atoms with Crippen LogP contribution in [0.25, 0.3) is 10.9 Å². The Bertz CT molecular complexity index is 883. The Morgan fingerprint density at radius 2 is 1.96 bits per heavy atom. The molecule has 1 aliphatic rings. The molecule has 4 heteroatoms. The maximum atomic E-state index is 12.9. The fraction of sp³-hybridized carbons (Fsp3) is 0.250. The lowest BCUT2D eigenvalue weighted by Crippen LogP contribution is -2.47. The van der Waals surface area contributed by atoms with Crippen LogP contribution in [-0.2, 0) is 17.6 Å². The summed E-state index contributed by atoms with van der Waals surface area (Å²) < 4.78 is 0. The summed E-state index contributed by atoms with van der Waals surface area (Å²) in [7, 11) is 0. The van der Waals surface area contributed by atoms with Crippen molar-refractivity contribution >= 4 is 22.5 Å². The number of nitrogens with one attached hydrogen (secondary N) is 1. The number of para-hydroxylation sites is 2. The van der Waals surface area contributed by atoms with Gasteiger partial charge in [0.05, 0.1) is 6.04 Å². The van der Waals surface area contributed by atoms with Crippen molar-refractivity contribution in [3.05, 3.63) is 65.9 Å². The van der Waals surface area contributed by atoms with Gasteiger partial charge in [-0.1, -0.05) is 36.4 Å². The van der Waals surface area contributed by atoms with Crippen LogP contribution < -0.4 is 10.6 Å². The molecule has 2 aromatic carbocycles. The zero-order valence-electron chi connectivity index (χ0n) is 13.5. The summed E-state index contributed by atoms with van der Waals surface area (Å²) in [6.45, 7) is 0.747. The van der Waals surface area contributed by atoms with Crippen LogP contribution in [0.4, 0.5) is 5.69 Å². The lowest BCUT2D eigenvalue weighted by Gasteiger charge is -2.31. The van der Waals surface area contributed by atoms with Crippen LogP contribution in [0.5, 0.6) is 0 Å². The second kappa shape index (κ2) is 6.13. The molecule has 1 amide bonds. The van der Waals surface area contributed by atoms with Crippen LogP contribution in [0, 0.1) is 0 Å². The number of aromatic amines is 1. The molecule has 0 saturated heterocycles. The van der Waals surface area contributed by atoms with Crippen molar-refractivity contribution in [3.8, 4) is 0 Å². The summed E-state index contributed by atoms with van der Waals surface area (Å²) in [5.41, 5.74) is 10.7. The standard InChI is InChI=1S/C20H21N3O/c21-17(12-15-13-22-18-9-3-2-8-16(15)18)20(24)23-11-5-7-14-6-1-4-10-19(14)23/h1-4,6,8-10,13,17,22H,5,7,11-12,21H2/t17-/m0/s1. The van der Waals surface area contributed by atoms with E-state index in [1.165, 1.54) is 5.56 Å². The molecule has 0 aliphatic carbocycles. The number of fused-ring (bicyclic) bond motifs is 2. The number of anilines is 1. The van der Waals surface area contributed by atoms with Gasteiger partial charge < -0.3 is 15.6 Å². The maximum Gasteiger partial charge on any atom is 0.244 e. The van der Waals surface area contributed by atoms with E-state index in [0.29, 0.717) is 6.42 Å². The highest BCUT2D eigenvalue weighted by Crippen LogP contribution is 2.27. The highest BCUT2D eigenvalue weighted by molar-refractivity contribution is 5.98. The van der Waals surface area contributed by atoms with E-state index >= 15 is 0 Å². The Morgan fingerprint density at radius 3 is 2.88 bits per heavy atom. The molecule has 0 unspecified atom stereocenters. The van der Waals surface area contributed by atoms with Gasteiger partial charge in [-0.15, -0.1) is 0 Å². The van der Waals surface area contributed by atoms with Gasteiger partial charge in [0.25, 0.3) is 0 Å². The van der Waals surface area contributed by atoms with E-state index < -0.39 is 6.04 Å². The van der Waals surface area contributed by atoms with E-state index in [1.54, 1.807) is 0 Å². The number of rotatable bonds is 3. The number of hydrogen-bond acceptors (Lipinski definition) is 2. The maximum absolute atomic E-state index is 12.9. The van der Waals surface area contributed by atoms with Crippen LogP contribution in [0.3, 0.4) is 0 Å². The number of carbonyl (C=O) groups is 1. The fourth-order valence-electron chi connectivity index (χ4n) is 3.59. The van der Waals surface area contributed by atoms with Gasteiger partial charge in [0.2, 0.25) is 5.91 Å². The van der Waals surface area contributed by atoms with Crippen molar-refractivity contribution in [1.82, 2.24) is 4.98 Å². The minimum atomic E-state index is -0.532. The molecular weight excluding hydrogens is 298 g/mol. The molecule has 0 bridgehead atoms. The molecule has 2 heterocycles. The third-order valence-corrected chi connectivity index (χ3v) is 4.81. The van der Waals surface area contributed by atoms with Crippen molar-refractivity contribution < 1.29 is 4.79 Å². The first-order valence-electron chi connectivity index (χ1n) is 8.44. The molecule has 0 fully saturated rings. The number of amides is 1. The molecule has 0 spiro atoms. The number of aromatic nitrogens is 1. The molecule has 3 N–H and O–H groups in total. The predicted octanol–water partition coefficient (Wildman–Crippen LogP) is 3.02. The third kappa shape index (κ3) is 2.59. The quantitative estimate of drug-likeness (QED) is 0.779. The second-order valence-electron chi connectivity index (χ2n) is 6.39. The molecule has 1 aliphatic heterocycles. The van der Waals surface area contributed by atoms with Gasteiger partial charge in [-0.05, 0) is 42.5 Å². The number of benzene rings is 2. The second-order valence-corrected chi connectivity index (χ2v) is 6.39. The Morgan fingerprint density at radius 1 is 1.17 bits per heavy atom. The molecule has 24 heavy (non-hydrogen) atoms. The first kappa shape index (κ1) is 15.0. The molecule has 3 aromatic rings. The average Bonchev–Trinajstić information content (AvgIpc) is 3.03. The van der Waals surface area contributed by atoms with Gasteiger partial charge in [0, 0.05) is 29.3 Å². The van der Waals surface area contributed by atoms with Crippen molar-refractivity contribution in [2.45, 2.75) is 25.3 Å². The van der Waals surface area contributed by atoms with E-state index in [1.807, 2.05) is 47.5 Å². The van der Waals surface area contributed by atoms with Crippen LogP contribution in [0.15, 0.2) is 54.7 Å². The summed E-state index contributed by atoms with van der Waals surface area (Å²) in [6.07, 6.45) is 4.52. The molecule has 1 aromatic heterocycles. The molecule has 122 valence electrons. The number of aryl methyl sites for hydroxylation is 1. The van der Waals surface area contributed by atoms with Gasteiger partial charge in [-0.25, -0.2) is 0 Å². The largest absolute Gasteiger partial charge is 0.361 e. The van der Waals surface area contributed by atoms with Crippen molar-refractivity contribution in [2.24, 2.45) is 5.73 Å². The highest BCUT2D eigenvalue weighted by Gasteiger charge is 2.27. The number of carbonyl (C=O) groups excluding carboxylic acids is 1. The number of nitrogens with zero attached hydrogens (tertiary/aromatic N) is 1. The lowest BCUT2D eigenvalue weighted by atomic mass is 9.99. The molecule has 0 radical (unpaired) electrons. The minimum absolute atomic E-state index is 0.00688. The van der Waals surface area contributed by atoms with Gasteiger partial charge in [-0.3, -0.25) is 4.79 Å². The van der Waals surface area contributed by atoms with Crippen LogP contribution in [0.1, 0.15) is 17.5 Å². The monoisotopic (exact) mass is 319 g/mol. The van der Waals surface area contributed by atoms with Crippen LogP contribution in [-0.4, -0.2) is 23.5 Å². The molecular formula is C20H21N3O. The Kier molecular flexibility index (Phi) is 3.82. The van der Waals surface area contributed by atoms with Gasteiger partial charge in [0.15, 0.2) is 0 Å². The van der Waals surface area contributed by atoms with E-state index in [-0.39, 0.29) is 5.91 Å². The summed E-state index contributed by atoms with van der Waals surface area (Å²) in [6, 6.07) is 15.7. The lowest BCUT2D eigenvalue weighted by molar-refractivity contribution is -0.119. The van der Waals surface area contributed by atoms with E-state index in [9.17, 15) is 4.79 Å². The average molecular weight is 319 g/mol. The van der Waals surface area contributed by atoms with Gasteiger partial charge in [0.1, 0.15) is 0 Å². The van der Waals surface area contributed by atoms with Crippen molar-refractivity contribution in [2.75, 3.05) is 11.4 Å². The predicted molar refractivity (Wildman–Crippen MR) is 97.1 cm³/mol. The molecule has 0 saturated carbocycles. The fourth-order valence-corrected chi connectivity index (χ4v) is 3.59. The topological polar surface area (TPSA) is 62.1 Å². The van der Waals surface area contributed by atoms with Gasteiger partial charge >= 0.3 is 0 Å². The number of nitrogens with two attached hydrogens (primary N) is 1. The first-order valence-corrected chi connectivity index (χ1v) is 8.44. The van der Waals surface area contributed by atoms with Crippen molar-refractivity contribution in [3.63, 3.8) is 0 Å². The smallest absolute Gasteiger partial charge is 0.244 e. The normalized spacial score (nSPS) is 15.3. The Labute approximate surface area is 141 Å². The van der Waals surface area contributed by atoms with E-state index in [4.69, 9.17) is 5.73 Å². The molecule has 4 nitrogen and oxygen atoms in total. The van der Waals surface area contributed by atoms with Gasteiger partial charge in [-0.2, -0.15) is 0 Å². The van der Waals surface area contributed by atoms with Crippen molar-refractivity contribution in [1.29, 1.82) is 0 Å².